The minimum atomic E-state index is 0.0982. The van der Waals surface area contributed by atoms with Gasteiger partial charge in [0.05, 0.1) is 0 Å². The fourth-order valence-corrected chi connectivity index (χ4v) is 1.90. The van der Waals surface area contributed by atoms with Gasteiger partial charge in [-0.05, 0) is 18.2 Å². The Kier molecular flexibility index (Phi) is 3.71. The highest BCUT2D eigenvalue weighted by atomic mass is 35.5. The number of hydrazine groups is 1. The Hall–Kier alpha value is -1.76. The molecule has 0 amide bonds. The second-order valence-corrected chi connectivity index (χ2v) is 4.30. The molecule has 6 N–H and O–H groups in total. The van der Waals surface area contributed by atoms with Crippen LogP contribution in [0.15, 0.2) is 24.3 Å². The molecule has 0 unspecified atom stereocenters. The van der Waals surface area contributed by atoms with Crippen LogP contribution in [0, 0.1) is 0 Å². The van der Waals surface area contributed by atoms with Gasteiger partial charge in [0.2, 0.25) is 5.95 Å². The van der Waals surface area contributed by atoms with Gasteiger partial charge >= 0.3 is 0 Å². The first-order valence-corrected chi connectivity index (χ1v) is 5.67. The Morgan fingerprint density at radius 3 is 2.17 bits per heavy atom. The molecule has 1 heterocycles. The Morgan fingerprint density at radius 2 is 1.56 bits per heavy atom. The van der Waals surface area contributed by atoms with E-state index in [1.54, 1.807) is 24.3 Å². The van der Waals surface area contributed by atoms with Crippen molar-refractivity contribution in [3.05, 3.63) is 34.3 Å². The normalized spacial score (nSPS) is 10.2. The largest absolute Gasteiger partial charge is 0.368 e. The van der Waals surface area contributed by atoms with Crippen molar-refractivity contribution in [1.82, 2.24) is 9.97 Å². The molecule has 0 aliphatic carbocycles. The van der Waals surface area contributed by atoms with Crippen molar-refractivity contribution in [2.45, 2.75) is 0 Å². The summed E-state index contributed by atoms with van der Waals surface area (Å²) < 4.78 is 0. The van der Waals surface area contributed by atoms with Gasteiger partial charge in [0, 0.05) is 21.8 Å². The molecule has 0 radical (unpaired) electrons. The topological polar surface area (TPSA) is 102 Å². The number of rotatable bonds is 3. The molecule has 0 saturated heterocycles. The SMILES string of the molecule is NNc1cc(Nc2cc(Cl)cc(Cl)c2)nc(N)n1. The number of halogens is 2. The van der Waals surface area contributed by atoms with Crippen molar-refractivity contribution in [3.63, 3.8) is 0 Å². The molecule has 8 heteroatoms. The first-order valence-electron chi connectivity index (χ1n) is 4.91. The number of nitrogens with two attached hydrogens (primary N) is 2. The predicted molar refractivity (Wildman–Crippen MR) is 74.0 cm³/mol. The van der Waals surface area contributed by atoms with E-state index >= 15 is 0 Å². The minimum Gasteiger partial charge on any atom is -0.368 e. The third kappa shape index (κ3) is 3.13. The van der Waals surface area contributed by atoms with Crippen molar-refractivity contribution in [1.29, 1.82) is 0 Å². The fourth-order valence-electron chi connectivity index (χ4n) is 1.38. The van der Waals surface area contributed by atoms with Crippen LogP contribution in [0.1, 0.15) is 0 Å². The van der Waals surface area contributed by atoms with Crippen molar-refractivity contribution in [3.8, 4) is 0 Å². The van der Waals surface area contributed by atoms with Crippen LogP contribution in [0.5, 0.6) is 0 Å². The van der Waals surface area contributed by atoms with Crippen LogP contribution in [0.25, 0.3) is 0 Å². The maximum atomic E-state index is 5.89. The number of benzene rings is 1. The maximum absolute atomic E-state index is 5.89. The molecule has 0 atom stereocenters. The van der Waals surface area contributed by atoms with Crippen molar-refractivity contribution >= 4 is 46.5 Å². The third-order valence-electron chi connectivity index (χ3n) is 2.03. The fraction of sp³-hybridized carbons (Fsp3) is 0. The lowest BCUT2D eigenvalue weighted by atomic mass is 10.3. The average Bonchev–Trinajstić information content (AvgIpc) is 2.26. The van der Waals surface area contributed by atoms with E-state index in [9.17, 15) is 0 Å². The van der Waals surface area contributed by atoms with Crippen LogP contribution < -0.4 is 22.3 Å². The summed E-state index contributed by atoms with van der Waals surface area (Å²) in [6.45, 7) is 0. The number of nitrogens with one attached hydrogen (secondary N) is 2. The second kappa shape index (κ2) is 5.26. The van der Waals surface area contributed by atoms with Gasteiger partial charge in [0.1, 0.15) is 11.6 Å². The van der Waals surface area contributed by atoms with Gasteiger partial charge in [-0.15, -0.1) is 0 Å². The Labute approximate surface area is 113 Å². The minimum absolute atomic E-state index is 0.0982. The van der Waals surface area contributed by atoms with Crippen LogP contribution in [-0.2, 0) is 0 Å². The maximum Gasteiger partial charge on any atom is 0.223 e. The molecule has 18 heavy (non-hydrogen) atoms. The van der Waals surface area contributed by atoms with Crippen molar-refractivity contribution in [2.75, 3.05) is 16.5 Å². The summed E-state index contributed by atoms with van der Waals surface area (Å²) >= 11 is 11.8. The standard InChI is InChI=1S/C10H10Cl2N6/c11-5-1-6(12)3-7(2-5)15-8-4-9(18-14)17-10(13)16-8/h1-4H,14H2,(H4,13,15,16,17,18). The number of hydrogen-bond acceptors (Lipinski definition) is 6. The molecule has 2 aromatic rings. The van der Waals surface area contributed by atoms with Crippen LogP contribution in [0.2, 0.25) is 10.0 Å². The summed E-state index contributed by atoms with van der Waals surface area (Å²) in [4.78, 5) is 7.88. The summed E-state index contributed by atoms with van der Waals surface area (Å²) in [5.41, 5.74) is 8.62. The molecule has 1 aromatic heterocycles. The first-order chi connectivity index (χ1) is 8.56. The predicted octanol–water partition coefficient (Wildman–Crippen LogP) is 2.39. The lowest BCUT2D eigenvalue weighted by Crippen LogP contribution is -2.11. The van der Waals surface area contributed by atoms with Gasteiger partial charge in [0.25, 0.3) is 0 Å². The average molecular weight is 285 g/mol. The highest BCUT2D eigenvalue weighted by Crippen LogP contribution is 2.25. The van der Waals surface area contributed by atoms with Gasteiger partial charge in [-0.25, -0.2) is 5.84 Å². The molecule has 0 saturated carbocycles. The Balaban J connectivity index is 2.30. The second-order valence-electron chi connectivity index (χ2n) is 3.42. The number of hydrogen-bond donors (Lipinski definition) is 4. The first kappa shape index (κ1) is 12.7. The smallest absolute Gasteiger partial charge is 0.223 e. The Bertz CT molecular complexity index is 554. The number of nitrogen functional groups attached to an aromatic ring is 2. The van der Waals surface area contributed by atoms with Gasteiger partial charge in [-0.1, -0.05) is 23.2 Å². The van der Waals surface area contributed by atoms with Crippen LogP contribution >= 0.6 is 23.2 Å². The molecule has 0 spiro atoms. The van der Waals surface area contributed by atoms with Crippen molar-refractivity contribution in [2.24, 2.45) is 5.84 Å². The summed E-state index contributed by atoms with van der Waals surface area (Å²) in [7, 11) is 0. The number of nitrogens with zero attached hydrogens (tertiary/aromatic N) is 2. The van der Waals surface area contributed by atoms with Crippen LogP contribution in [0.3, 0.4) is 0 Å². The van der Waals surface area contributed by atoms with Crippen LogP contribution in [-0.4, -0.2) is 9.97 Å². The highest BCUT2D eigenvalue weighted by molar-refractivity contribution is 6.35. The monoisotopic (exact) mass is 284 g/mol. The number of aromatic nitrogens is 2. The molecule has 0 aliphatic rings. The quantitative estimate of drug-likeness (QED) is 0.510. The molecule has 0 aliphatic heterocycles. The molecule has 6 nitrogen and oxygen atoms in total. The lowest BCUT2D eigenvalue weighted by Gasteiger charge is -2.08. The zero-order valence-corrected chi connectivity index (χ0v) is 10.6. The molecule has 94 valence electrons. The Morgan fingerprint density at radius 1 is 0.944 bits per heavy atom. The summed E-state index contributed by atoms with van der Waals surface area (Å²) in [6, 6.07) is 6.66. The van der Waals surface area contributed by atoms with E-state index in [2.05, 4.69) is 20.7 Å². The van der Waals surface area contributed by atoms with Crippen LogP contribution in [0.4, 0.5) is 23.3 Å². The van der Waals surface area contributed by atoms with Gasteiger partial charge in [0.15, 0.2) is 0 Å². The molecule has 0 bridgehead atoms. The molecular formula is C10H10Cl2N6. The highest BCUT2D eigenvalue weighted by Gasteiger charge is 2.03. The van der Waals surface area contributed by atoms with E-state index in [0.29, 0.717) is 27.4 Å². The molecule has 2 rings (SSSR count). The van der Waals surface area contributed by atoms with Gasteiger partial charge in [-0.2, -0.15) is 9.97 Å². The summed E-state index contributed by atoms with van der Waals surface area (Å²) in [5, 5.41) is 4.04. The summed E-state index contributed by atoms with van der Waals surface area (Å²) in [6.07, 6.45) is 0. The van der Waals surface area contributed by atoms with E-state index in [4.69, 9.17) is 34.8 Å². The van der Waals surface area contributed by atoms with E-state index < -0.39 is 0 Å². The molecule has 0 fully saturated rings. The number of anilines is 4. The van der Waals surface area contributed by atoms with E-state index in [1.165, 1.54) is 0 Å². The molecular weight excluding hydrogens is 275 g/mol. The van der Waals surface area contributed by atoms with E-state index in [1.807, 2.05) is 0 Å². The van der Waals surface area contributed by atoms with Gasteiger partial charge in [-0.3, -0.25) is 0 Å². The summed E-state index contributed by atoms with van der Waals surface area (Å²) in [5.74, 6) is 6.24. The van der Waals surface area contributed by atoms with E-state index in [-0.39, 0.29) is 5.95 Å². The van der Waals surface area contributed by atoms with Crippen molar-refractivity contribution < 1.29 is 0 Å². The van der Waals surface area contributed by atoms with E-state index in [0.717, 1.165) is 0 Å². The third-order valence-corrected chi connectivity index (χ3v) is 2.46. The van der Waals surface area contributed by atoms with Gasteiger partial charge < -0.3 is 16.5 Å². The molecule has 1 aromatic carbocycles. The zero-order valence-electron chi connectivity index (χ0n) is 9.11. The zero-order chi connectivity index (χ0) is 13.1. The lowest BCUT2D eigenvalue weighted by molar-refractivity contribution is 1.15.